The first-order valence-corrected chi connectivity index (χ1v) is 20.3. The van der Waals surface area contributed by atoms with Crippen LogP contribution in [0, 0.1) is 0 Å². The summed E-state index contributed by atoms with van der Waals surface area (Å²) in [4.78, 5) is 135. The predicted octanol–water partition coefficient (Wildman–Crippen LogP) is -6.50. The molecular formula is C39H54N18O9. The van der Waals surface area contributed by atoms with E-state index >= 15 is 0 Å². The van der Waals surface area contributed by atoms with E-state index in [0.717, 1.165) is 0 Å². The molecule has 0 spiro atoms. The molecule has 21 N–H and O–H groups in total. The van der Waals surface area contributed by atoms with Crippen molar-refractivity contribution in [1.29, 1.82) is 0 Å². The van der Waals surface area contributed by atoms with E-state index in [4.69, 9.17) is 34.4 Å². The van der Waals surface area contributed by atoms with Crippen molar-refractivity contribution in [3.8, 4) is 0 Å². The van der Waals surface area contributed by atoms with Gasteiger partial charge < -0.3 is 81.3 Å². The van der Waals surface area contributed by atoms with Gasteiger partial charge in [-0.3, -0.25) is 43.2 Å². The van der Waals surface area contributed by atoms with Gasteiger partial charge in [0, 0.05) is 74.6 Å². The van der Waals surface area contributed by atoms with Gasteiger partial charge in [0.15, 0.2) is 0 Å². The maximum atomic E-state index is 13.4. The molecule has 27 heteroatoms. The summed E-state index contributed by atoms with van der Waals surface area (Å²) in [6.45, 7) is -0.720. The van der Waals surface area contributed by atoms with E-state index in [1.54, 1.807) is 18.2 Å². The van der Waals surface area contributed by atoms with Crippen molar-refractivity contribution in [1.82, 2.24) is 61.8 Å². The van der Waals surface area contributed by atoms with Gasteiger partial charge in [-0.2, -0.15) is 0 Å². The number of hydrogen-bond donors (Lipinski definition) is 15. The Hall–Kier alpha value is -8.04. The summed E-state index contributed by atoms with van der Waals surface area (Å²) in [5.41, 5.74) is 37.0. The molecule has 0 radical (unpaired) electrons. The highest BCUT2D eigenvalue weighted by atomic mass is 16.2. The molecule has 0 bridgehead atoms. The number of aromatic nitrogens is 6. The second-order valence-corrected chi connectivity index (χ2v) is 15.2. The van der Waals surface area contributed by atoms with Gasteiger partial charge in [0.1, 0.15) is 18.1 Å². The van der Waals surface area contributed by atoms with Crippen LogP contribution < -0.4 is 66.3 Å². The lowest BCUT2D eigenvalue weighted by Crippen LogP contribution is -2.53. The number of H-pyrrole nitrogens is 3. The number of carbonyl (C=O) groups is 9. The average Bonchev–Trinajstić information content (AvgIpc) is 4.08. The van der Waals surface area contributed by atoms with Crippen molar-refractivity contribution < 1.29 is 43.2 Å². The Morgan fingerprint density at radius 1 is 0.439 bits per heavy atom. The zero-order valence-corrected chi connectivity index (χ0v) is 35.5. The molecule has 0 aliphatic rings. The number of rotatable bonds is 27. The Kier molecular flexibility index (Phi) is 18.9. The lowest BCUT2D eigenvalue weighted by molar-refractivity contribution is -0.131. The minimum absolute atomic E-state index is 0.0454. The Morgan fingerprint density at radius 3 is 0.909 bits per heavy atom. The summed E-state index contributed by atoms with van der Waals surface area (Å²) in [7, 11) is 0. The van der Waals surface area contributed by atoms with Crippen LogP contribution in [0.25, 0.3) is 0 Å². The van der Waals surface area contributed by atoms with Crippen LogP contribution in [0.1, 0.15) is 53.0 Å². The van der Waals surface area contributed by atoms with E-state index in [0.29, 0.717) is 33.8 Å². The van der Waals surface area contributed by atoms with Crippen molar-refractivity contribution in [3.05, 3.63) is 89.5 Å². The third-order valence-corrected chi connectivity index (χ3v) is 9.62. The molecule has 6 atom stereocenters. The highest BCUT2D eigenvalue weighted by Crippen LogP contribution is 2.13. The van der Waals surface area contributed by atoms with Crippen LogP contribution in [0.4, 0.5) is 0 Å². The minimum Gasteiger partial charge on any atom is -0.370 e. The molecule has 0 fully saturated rings. The van der Waals surface area contributed by atoms with E-state index < -0.39 is 109 Å². The first-order valence-electron chi connectivity index (χ1n) is 20.3. The van der Waals surface area contributed by atoms with Crippen molar-refractivity contribution in [3.63, 3.8) is 0 Å². The fraction of sp³-hybridized carbons (Fsp3) is 0.385. The normalized spacial score (nSPS) is 13.7. The molecule has 9 amide bonds. The molecular weight excluding hydrogens is 865 g/mol. The SMILES string of the molecule is NC(=O)C[C@H](NC(=O)[C@@H](N)Cc1cnc[nH]1)C(=O)NCc1cc(CNC(=O)[C@H](CC(N)=O)NC(=O)[C@@H](N)Cc2cnc[nH]2)cc(CNC(=O)[C@H](CC(N)=O)NC(=O)[C@@H](N)Cc2cnc[nH]2)c1. The summed E-state index contributed by atoms with van der Waals surface area (Å²) in [6.07, 6.45) is 7.01. The van der Waals surface area contributed by atoms with Crippen LogP contribution >= 0.6 is 0 Å². The standard InChI is InChI=1S/C39H54N18O9/c40-25(4-22-13-46-16-52-22)34(61)55-28(7-31(43)58)37(64)49-10-19-1-20(11-50-38(65)29(8-32(44)59)56-35(62)26(41)5-23-14-47-17-53-23)3-21(2-19)12-51-39(66)30(9-33(45)60)57-36(63)27(42)6-24-15-48-18-54-24/h1-3,13-18,25-30H,4-12,40-42H2,(H2,43,58)(H2,44,59)(H2,45,60)(H,46,52)(H,47,53)(H,48,54)(H,49,64)(H,50,65)(H,51,66)(H,55,61)(H,56,62)(H,57,63)/t25-,26-,27-,28-,29-,30-/m0/s1. The van der Waals surface area contributed by atoms with Crippen LogP contribution in [0.5, 0.6) is 0 Å². The number of nitrogens with zero attached hydrogens (tertiary/aromatic N) is 3. The summed E-state index contributed by atoms with van der Waals surface area (Å²) in [6, 6.07) is -2.97. The number of imidazole rings is 3. The minimum atomic E-state index is -1.43. The number of carbonyl (C=O) groups excluding carboxylic acids is 9. The first kappa shape index (κ1) is 50.6. The number of hydrogen-bond acceptors (Lipinski definition) is 15. The highest BCUT2D eigenvalue weighted by molar-refractivity contribution is 5.95. The van der Waals surface area contributed by atoms with Gasteiger partial charge in [-0.15, -0.1) is 0 Å². The fourth-order valence-electron chi connectivity index (χ4n) is 6.33. The molecule has 4 aromatic rings. The number of amides is 9. The van der Waals surface area contributed by atoms with Gasteiger partial charge in [-0.1, -0.05) is 18.2 Å². The molecule has 3 heterocycles. The van der Waals surface area contributed by atoms with Crippen LogP contribution in [-0.4, -0.2) is 119 Å². The molecule has 66 heavy (non-hydrogen) atoms. The molecule has 0 aliphatic carbocycles. The molecule has 27 nitrogen and oxygen atoms in total. The molecule has 354 valence electrons. The highest BCUT2D eigenvalue weighted by Gasteiger charge is 2.29. The van der Waals surface area contributed by atoms with E-state index in [2.05, 4.69) is 61.8 Å². The van der Waals surface area contributed by atoms with Gasteiger partial charge in [0.05, 0.1) is 56.4 Å². The van der Waals surface area contributed by atoms with E-state index in [1.807, 2.05) is 0 Å². The van der Waals surface area contributed by atoms with Crippen molar-refractivity contribution >= 4 is 53.2 Å². The summed E-state index contributed by atoms with van der Waals surface area (Å²) >= 11 is 0. The van der Waals surface area contributed by atoms with Crippen molar-refractivity contribution in [2.45, 2.75) is 94.4 Å². The molecule has 0 unspecified atom stereocenters. The number of benzene rings is 1. The third kappa shape index (κ3) is 16.9. The topological polar surface area (TPSA) is 468 Å². The third-order valence-electron chi connectivity index (χ3n) is 9.62. The van der Waals surface area contributed by atoms with E-state index in [1.165, 1.54) is 37.6 Å². The predicted molar refractivity (Wildman–Crippen MR) is 230 cm³/mol. The molecule has 1 aromatic carbocycles. The van der Waals surface area contributed by atoms with Crippen molar-refractivity contribution in [2.75, 3.05) is 0 Å². The first-order chi connectivity index (χ1) is 31.4. The van der Waals surface area contributed by atoms with Gasteiger partial charge in [0.2, 0.25) is 53.2 Å². The Balaban J connectivity index is 1.52. The van der Waals surface area contributed by atoms with Crippen LogP contribution in [0.2, 0.25) is 0 Å². The van der Waals surface area contributed by atoms with Gasteiger partial charge in [-0.05, 0) is 16.7 Å². The maximum absolute atomic E-state index is 13.4. The Labute approximate surface area is 375 Å². The second-order valence-electron chi connectivity index (χ2n) is 15.2. The second kappa shape index (κ2) is 24.7. The Bertz CT molecular complexity index is 2040. The molecule has 3 aromatic heterocycles. The summed E-state index contributed by atoms with van der Waals surface area (Å²) < 4.78 is 0. The molecule has 4 rings (SSSR count). The Morgan fingerprint density at radius 2 is 0.697 bits per heavy atom. The number of primary amides is 3. The smallest absolute Gasteiger partial charge is 0.243 e. The average molecular weight is 919 g/mol. The van der Waals surface area contributed by atoms with Crippen LogP contribution in [0.3, 0.4) is 0 Å². The molecule has 0 saturated heterocycles. The quantitative estimate of drug-likeness (QED) is 0.0265. The molecule has 0 aliphatic heterocycles. The van der Waals surface area contributed by atoms with Gasteiger partial charge in [0.25, 0.3) is 0 Å². The van der Waals surface area contributed by atoms with Crippen molar-refractivity contribution in [2.24, 2.45) is 34.4 Å². The number of nitrogens with two attached hydrogens (primary N) is 6. The molecule has 0 saturated carbocycles. The maximum Gasteiger partial charge on any atom is 0.243 e. The van der Waals surface area contributed by atoms with E-state index in [9.17, 15) is 43.2 Å². The fourth-order valence-corrected chi connectivity index (χ4v) is 6.33. The number of aromatic amines is 3. The van der Waals surface area contributed by atoms with Crippen LogP contribution in [0.15, 0.2) is 55.8 Å². The van der Waals surface area contributed by atoms with E-state index in [-0.39, 0.29) is 38.9 Å². The number of nitrogens with one attached hydrogen (secondary N) is 9. The lowest BCUT2D eigenvalue weighted by atomic mass is 10.0. The van der Waals surface area contributed by atoms with Crippen LogP contribution in [-0.2, 0) is 82.0 Å². The monoisotopic (exact) mass is 918 g/mol. The zero-order valence-electron chi connectivity index (χ0n) is 35.5. The lowest BCUT2D eigenvalue weighted by Gasteiger charge is -2.21. The van der Waals surface area contributed by atoms with Gasteiger partial charge >= 0.3 is 0 Å². The largest absolute Gasteiger partial charge is 0.370 e. The summed E-state index contributed by atoms with van der Waals surface area (Å²) in [5.74, 6) is -7.38. The summed E-state index contributed by atoms with van der Waals surface area (Å²) in [5, 5.41) is 15.2. The van der Waals surface area contributed by atoms with Gasteiger partial charge in [-0.25, -0.2) is 15.0 Å². The zero-order chi connectivity index (χ0) is 48.3.